The van der Waals surface area contributed by atoms with Crippen molar-refractivity contribution < 1.29 is 34.6 Å². The smallest absolute Gasteiger partial charge is 0.374 e. The van der Waals surface area contributed by atoms with Gasteiger partial charge in [-0.1, -0.05) is 0 Å². The third-order valence-corrected chi connectivity index (χ3v) is 4.44. The molecule has 3 aromatic heterocycles. The van der Waals surface area contributed by atoms with Crippen molar-refractivity contribution in [2.45, 2.75) is 18.5 Å². The molecule has 0 saturated heterocycles. The lowest BCUT2D eigenvalue weighted by Crippen LogP contribution is -2.28. The molecule has 0 amide bonds. The number of fused-ring (bicyclic) bond motifs is 1. The highest BCUT2D eigenvalue weighted by Gasteiger charge is 2.49. The molecule has 3 heterocycles. The first-order valence-corrected chi connectivity index (χ1v) is 8.66. The number of halogens is 5. The Morgan fingerprint density at radius 1 is 1.18 bits per heavy atom. The van der Waals surface area contributed by atoms with E-state index in [1.165, 1.54) is 12.4 Å². The van der Waals surface area contributed by atoms with Crippen molar-refractivity contribution >= 4 is 15.6 Å². The first kappa shape index (κ1) is 19.5. The zero-order valence-electron chi connectivity index (χ0n) is 13.4. The quantitative estimate of drug-likeness (QED) is 0.357. The van der Waals surface area contributed by atoms with Crippen molar-refractivity contribution in [1.29, 1.82) is 5.26 Å². The van der Waals surface area contributed by atoms with E-state index in [0.717, 1.165) is 27.7 Å². The highest BCUT2D eigenvalue weighted by atomic mass is 32.2. The number of pyridine rings is 1. The van der Waals surface area contributed by atoms with Gasteiger partial charge < -0.3 is 4.18 Å². The van der Waals surface area contributed by atoms with E-state index in [4.69, 9.17) is 5.26 Å². The summed E-state index contributed by atoms with van der Waals surface area (Å²) in [6.07, 6.45) is 1.92. The van der Waals surface area contributed by atoms with Gasteiger partial charge in [-0.25, -0.2) is 13.3 Å². The minimum absolute atomic E-state index is 0.0768. The molecule has 0 bridgehead atoms. The Morgan fingerprint density at radius 3 is 2.50 bits per heavy atom. The molecule has 3 rings (SSSR count). The van der Waals surface area contributed by atoms with Crippen LogP contribution in [0.2, 0.25) is 0 Å². The van der Waals surface area contributed by atoms with Gasteiger partial charge in [-0.3, -0.25) is 4.68 Å². The molecular formula is C14H8F5N5O3S. The molecule has 14 heteroatoms. The number of hydrogen-bond acceptors (Lipinski definition) is 6. The van der Waals surface area contributed by atoms with E-state index in [2.05, 4.69) is 14.4 Å². The number of alkyl halides is 5. The number of nitrogens with zero attached hydrogens (tertiary/aromatic N) is 5. The van der Waals surface area contributed by atoms with Crippen LogP contribution in [0.4, 0.5) is 22.0 Å². The van der Waals surface area contributed by atoms with Crippen LogP contribution in [-0.2, 0) is 16.7 Å². The molecule has 0 aliphatic carbocycles. The Morgan fingerprint density at radius 2 is 1.89 bits per heavy atom. The van der Waals surface area contributed by atoms with Gasteiger partial charge in [-0.05, 0) is 6.07 Å². The molecule has 3 aromatic rings. The van der Waals surface area contributed by atoms with Crippen LogP contribution in [-0.4, -0.2) is 39.7 Å². The van der Waals surface area contributed by atoms with Gasteiger partial charge in [0, 0.05) is 23.5 Å². The van der Waals surface area contributed by atoms with Crippen LogP contribution in [0.3, 0.4) is 0 Å². The fraction of sp³-hybridized carbons (Fsp3) is 0.214. The number of nitriles is 1. The lowest BCUT2D eigenvalue weighted by atomic mass is 10.1. The number of rotatable bonds is 5. The van der Waals surface area contributed by atoms with E-state index in [1.807, 2.05) is 0 Å². The third kappa shape index (κ3) is 3.60. The van der Waals surface area contributed by atoms with Gasteiger partial charge >= 0.3 is 15.6 Å². The van der Waals surface area contributed by atoms with Crippen LogP contribution < -0.4 is 4.18 Å². The fourth-order valence-corrected chi connectivity index (χ4v) is 2.76. The van der Waals surface area contributed by atoms with E-state index in [0.29, 0.717) is 0 Å². The minimum Gasteiger partial charge on any atom is -0.374 e. The largest absolute Gasteiger partial charge is 0.534 e. The normalized spacial score (nSPS) is 12.5. The van der Waals surface area contributed by atoms with Gasteiger partial charge in [0.05, 0.1) is 12.4 Å². The average Bonchev–Trinajstić information content (AvgIpc) is 3.19. The van der Waals surface area contributed by atoms with Crippen molar-refractivity contribution in [2.75, 3.05) is 0 Å². The summed E-state index contributed by atoms with van der Waals surface area (Å²) in [6.45, 7) is -0.714. The van der Waals surface area contributed by atoms with E-state index in [9.17, 15) is 30.4 Å². The highest BCUT2D eigenvalue weighted by molar-refractivity contribution is 7.88. The predicted octanol–water partition coefficient (Wildman–Crippen LogP) is 2.56. The topological polar surface area (TPSA) is 102 Å². The van der Waals surface area contributed by atoms with Crippen LogP contribution in [0.1, 0.15) is 5.56 Å². The molecule has 0 atom stereocenters. The zero-order chi connectivity index (χ0) is 20.7. The minimum atomic E-state index is -6.03. The number of hydrogen-bond donors (Lipinski definition) is 0. The SMILES string of the molecule is N#Cc1cnn2cc(-c3cnn(CC(F)F)c3)cc(OS(=O)(=O)C(F)(F)F)c12. The van der Waals surface area contributed by atoms with E-state index < -0.39 is 34.3 Å². The molecule has 0 aliphatic rings. The molecule has 0 fully saturated rings. The maximum Gasteiger partial charge on any atom is 0.534 e. The molecule has 0 aliphatic heterocycles. The van der Waals surface area contributed by atoms with Gasteiger partial charge in [-0.15, -0.1) is 0 Å². The second kappa shape index (κ2) is 6.75. The lowest BCUT2D eigenvalue weighted by Gasteiger charge is -2.12. The Bertz CT molecular complexity index is 1180. The number of aromatic nitrogens is 4. The van der Waals surface area contributed by atoms with Crippen LogP contribution in [0, 0.1) is 11.3 Å². The summed E-state index contributed by atoms with van der Waals surface area (Å²) in [4.78, 5) is 0. The molecule has 0 aromatic carbocycles. The molecule has 0 radical (unpaired) electrons. The predicted molar refractivity (Wildman–Crippen MR) is 82.7 cm³/mol. The summed E-state index contributed by atoms with van der Waals surface area (Å²) in [5, 5.41) is 16.5. The highest BCUT2D eigenvalue weighted by Crippen LogP contribution is 2.34. The second-order valence-electron chi connectivity index (χ2n) is 5.38. The molecule has 0 N–H and O–H groups in total. The van der Waals surface area contributed by atoms with E-state index >= 15 is 0 Å². The fourth-order valence-electron chi connectivity index (χ4n) is 2.31. The van der Waals surface area contributed by atoms with Gasteiger partial charge in [0.15, 0.2) is 5.75 Å². The van der Waals surface area contributed by atoms with Gasteiger partial charge in [-0.2, -0.15) is 37.0 Å². The van der Waals surface area contributed by atoms with Crippen molar-refractivity contribution in [3.8, 4) is 22.9 Å². The van der Waals surface area contributed by atoms with Gasteiger partial charge in [0.25, 0.3) is 6.43 Å². The van der Waals surface area contributed by atoms with Crippen LogP contribution in [0.5, 0.6) is 5.75 Å². The molecule has 28 heavy (non-hydrogen) atoms. The van der Waals surface area contributed by atoms with Crippen molar-refractivity contribution in [3.05, 3.63) is 36.4 Å². The maximum atomic E-state index is 12.7. The molecule has 8 nitrogen and oxygen atoms in total. The average molecular weight is 421 g/mol. The van der Waals surface area contributed by atoms with E-state index in [1.54, 1.807) is 6.07 Å². The summed E-state index contributed by atoms with van der Waals surface area (Å²) in [6, 6.07) is 2.58. The summed E-state index contributed by atoms with van der Waals surface area (Å²) in [5.41, 5.74) is -5.97. The second-order valence-corrected chi connectivity index (χ2v) is 6.92. The van der Waals surface area contributed by atoms with Crippen LogP contribution in [0.25, 0.3) is 16.6 Å². The van der Waals surface area contributed by atoms with Gasteiger partial charge in [0.1, 0.15) is 23.7 Å². The van der Waals surface area contributed by atoms with Gasteiger partial charge in [0.2, 0.25) is 0 Å². The lowest BCUT2D eigenvalue weighted by molar-refractivity contribution is -0.0499. The Hall–Kier alpha value is -3.21. The van der Waals surface area contributed by atoms with E-state index in [-0.39, 0.29) is 22.2 Å². The molecule has 148 valence electrons. The van der Waals surface area contributed by atoms with Crippen molar-refractivity contribution in [2.24, 2.45) is 0 Å². The summed E-state index contributed by atoms with van der Waals surface area (Å²) in [5.74, 6) is -0.800. The summed E-state index contributed by atoms with van der Waals surface area (Å²) < 4.78 is 91.8. The van der Waals surface area contributed by atoms with Crippen molar-refractivity contribution in [1.82, 2.24) is 19.4 Å². The molecule has 0 spiro atoms. The van der Waals surface area contributed by atoms with Crippen LogP contribution >= 0.6 is 0 Å². The summed E-state index contributed by atoms with van der Waals surface area (Å²) in [7, 11) is -6.03. The molecule has 0 unspecified atom stereocenters. The molecule has 0 saturated carbocycles. The standard InChI is InChI=1S/C14H8F5N5O3S/c15-12(16)7-23-5-10(4-21-23)8-1-11(27-28(25,26)14(17,18)19)13-9(2-20)3-22-24(13)6-8/h1,3-6,12H,7H2. The Kier molecular flexibility index (Phi) is 4.71. The third-order valence-electron chi connectivity index (χ3n) is 3.47. The summed E-state index contributed by atoms with van der Waals surface area (Å²) >= 11 is 0. The van der Waals surface area contributed by atoms with Crippen molar-refractivity contribution in [3.63, 3.8) is 0 Å². The Labute approximate surface area is 153 Å². The Balaban J connectivity index is 2.15. The molecular weight excluding hydrogens is 413 g/mol. The maximum absolute atomic E-state index is 12.7. The zero-order valence-corrected chi connectivity index (χ0v) is 14.2. The first-order chi connectivity index (χ1) is 13.0. The monoisotopic (exact) mass is 421 g/mol. The van der Waals surface area contributed by atoms with Crippen LogP contribution in [0.15, 0.2) is 30.9 Å². The first-order valence-electron chi connectivity index (χ1n) is 7.25.